The highest BCUT2D eigenvalue weighted by atomic mass is 16.4. The monoisotopic (exact) mass is 178 g/mol. The van der Waals surface area contributed by atoms with E-state index in [2.05, 4.69) is 0 Å². The van der Waals surface area contributed by atoms with Crippen LogP contribution in [-0.2, 0) is 0 Å². The van der Waals surface area contributed by atoms with Crippen molar-refractivity contribution in [2.75, 3.05) is 0 Å². The molecule has 0 atom stereocenters. The van der Waals surface area contributed by atoms with Gasteiger partial charge in [0.05, 0.1) is 5.56 Å². The number of phenols is 1. The molecule has 1 aromatic carbocycles. The maximum atomic E-state index is 10.6. The molecule has 0 aliphatic heterocycles. The Bertz CT molecular complexity index is 353. The van der Waals surface area contributed by atoms with Crippen molar-refractivity contribution in [3.63, 3.8) is 0 Å². The molecule has 0 amide bonds. The lowest BCUT2D eigenvalue weighted by atomic mass is 10.1. The van der Waals surface area contributed by atoms with E-state index in [9.17, 15) is 9.90 Å². The van der Waals surface area contributed by atoms with Crippen molar-refractivity contribution in [3.8, 4) is 5.75 Å². The van der Waals surface area contributed by atoms with Crippen LogP contribution in [0.5, 0.6) is 5.75 Å². The second-order valence-corrected chi connectivity index (χ2v) is 3.35. The van der Waals surface area contributed by atoms with Crippen LogP contribution in [0.3, 0.4) is 0 Å². The Hall–Kier alpha value is -1.51. The molecule has 0 unspecified atom stereocenters. The van der Waals surface area contributed by atoms with Crippen LogP contribution in [0.15, 0.2) is 18.2 Å². The van der Waals surface area contributed by atoms with Crippen molar-refractivity contribution in [3.05, 3.63) is 29.3 Å². The van der Waals surface area contributed by atoms with E-state index in [1.807, 2.05) is 0 Å². The summed E-state index contributed by atoms with van der Waals surface area (Å²) in [6.45, 7) is 0. The Labute approximate surface area is 75.6 Å². The van der Waals surface area contributed by atoms with Crippen molar-refractivity contribution in [2.45, 2.75) is 18.8 Å². The fraction of sp³-hybridized carbons (Fsp3) is 0.300. The maximum absolute atomic E-state index is 10.6. The number of carbonyl (C=O) groups is 1. The average Bonchev–Trinajstić information content (AvgIpc) is 2.87. The average molecular weight is 178 g/mol. The van der Waals surface area contributed by atoms with E-state index in [0.29, 0.717) is 5.92 Å². The highest BCUT2D eigenvalue weighted by Crippen LogP contribution is 2.44. The van der Waals surface area contributed by atoms with Crippen LogP contribution < -0.4 is 0 Å². The van der Waals surface area contributed by atoms with Crippen molar-refractivity contribution in [1.29, 1.82) is 0 Å². The number of carboxylic acid groups (broad SMARTS) is 1. The molecule has 0 spiro atoms. The summed E-state index contributed by atoms with van der Waals surface area (Å²) in [5, 5.41) is 18.2. The van der Waals surface area contributed by atoms with Crippen LogP contribution in [0.25, 0.3) is 0 Å². The number of hydrogen-bond donors (Lipinski definition) is 2. The molecule has 1 aliphatic carbocycles. The van der Waals surface area contributed by atoms with E-state index in [0.717, 1.165) is 18.4 Å². The van der Waals surface area contributed by atoms with Crippen molar-refractivity contribution >= 4 is 5.97 Å². The summed E-state index contributed by atoms with van der Waals surface area (Å²) < 4.78 is 0. The van der Waals surface area contributed by atoms with Gasteiger partial charge in [0.15, 0.2) is 0 Å². The molecular formula is C10H10O3. The molecule has 0 saturated heterocycles. The molecule has 2 rings (SSSR count). The third-order valence-corrected chi connectivity index (χ3v) is 2.29. The smallest absolute Gasteiger partial charge is 0.335 e. The van der Waals surface area contributed by atoms with Crippen LogP contribution in [0.2, 0.25) is 0 Å². The van der Waals surface area contributed by atoms with Gasteiger partial charge in [-0.05, 0) is 42.5 Å². The standard InChI is InChI=1S/C10H10O3/c11-9-4-3-7(10(12)13)5-8(9)6-1-2-6/h3-6,11H,1-2H2,(H,12,13). The van der Waals surface area contributed by atoms with Crippen LogP contribution in [0.1, 0.15) is 34.7 Å². The maximum Gasteiger partial charge on any atom is 0.335 e. The number of rotatable bonds is 2. The zero-order valence-corrected chi connectivity index (χ0v) is 7.03. The summed E-state index contributed by atoms with van der Waals surface area (Å²) in [4.78, 5) is 10.6. The van der Waals surface area contributed by atoms with E-state index in [-0.39, 0.29) is 11.3 Å². The van der Waals surface area contributed by atoms with Gasteiger partial charge in [-0.15, -0.1) is 0 Å². The third kappa shape index (κ3) is 1.49. The molecule has 1 aromatic rings. The number of benzene rings is 1. The van der Waals surface area contributed by atoms with Crippen molar-refractivity contribution in [2.24, 2.45) is 0 Å². The molecule has 0 bridgehead atoms. The first-order valence-electron chi connectivity index (χ1n) is 4.24. The molecule has 3 heteroatoms. The molecule has 1 saturated carbocycles. The Morgan fingerprint density at radius 2 is 2.08 bits per heavy atom. The molecule has 1 aliphatic rings. The predicted octanol–water partition coefficient (Wildman–Crippen LogP) is 1.97. The summed E-state index contributed by atoms with van der Waals surface area (Å²) in [5.74, 6) is -0.353. The van der Waals surface area contributed by atoms with Gasteiger partial charge in [0.25, 0.3) is 0 Å². The van der Waals surface area contributed by atoms with Crippen LogP contribution in [0.4, 0.5) is 0 Å². The van der Waals surface area contributed by atoms with E-state index >= 15 is 0 Å². The van der Waals surface area contributed by atoms with Gasteiger partial charge < -0.3 is 10.2 Å². The predicted molar refractivity (Wildman–Crippen MR) is 47.0 cm³/mol. The summed E-state index contributed by atoms with van der Waals surface area (Å²) in [7, 11) is 0. The van der Waals surface area contributed by atoms with Crippen molar-refractivity contribution < 1.29 is 15.0 Å². The normalized spacial score (nSPS) is 15.7. The van der Waals surface area contributed by atoms with Gasteiger partial charge in [0, 0.05) is 0 Å². The molecule has 3 nitrogen and oxygen atoms in total. The molecule has 68 valence electrons. The van der Waals surface area contributed by atoms with Crippen LogP contribution in [-0.4, -0.2) is 16.2 Å². The number of carboxylic acids is 1. The van der Waals surface area contributed by atoms with Gasteiger partial charge in [-0.3, -0.25) is 0 Å². The van der Waals surface area contributed by atoms with Gasteiger partial charge in [0.1, 0.15) is 5.75 Å². The summed E-state index contributed by atoms with van der Waals surface area (Å²) in [6, 6.07) is 4.44. The fourth-order valence-corrected chi connectivity index (χ4v) is 1.41. The summed E-state index contributed by atoms with van der Waals surface area (Å²) >= 11 is 0. The molecule has 0 aromatic heterocycles. The van der Waals surface area contributed by atoms with Crippen LogP contribution in [0, 0.1) is 0 Å². The molecule has 0 heterocycles. The third-order valence-electron chi connectivity index (χ3n) is 2.29. The van der Waals surface area contributed by atoms with E-state index in [1.165, 1.54) is 12.1 Å². The zero-order chi connectivity index (χ0) is 9.42. The topological polar surface area (TPSA) is 57.5 Å². The van der Waals surface area contributed by atoms with Gasteiger partial charge in [0.2, 0.25) is 0 Å². The largest absolute Gasteiger partial charge is 0.508 e. The van der Waals surface area contributed by atoms with Gasteiger partial charge in [-0.25, -0.2) is 4.79 Å². The lowest BCUT2D eigenvalue weighted by Gasteiger charge is -2.03. The Kier molecular flexibility index (Phi) is 1.72. The summed E-state index contributed by atoms with van der Waals surface area (Å²) in [6.07, 6.45) is 2.10. The van der Waals surface area contributed by atoms with Gasteiger partial charge >= 0.3 is 5.97 Å². The van der Waals surface area contributed by atoms with E-state index < -0.39 is 5.97 Å². The first kappa shape index (κ1) is 8.10. The molecule has 0 radical (unpaired) electrons. The van der Waals surface area contributed by atoms with E-state index in [1.54, 1.807) is 6.07 Å². The summed E-state index contributed by atoms with van der Waals surface area (Å²) in [5.41, 5.74) is 1.03. The minimum Gasteiger partial charge on any atom is -0.508 e. The highest BCUT2D eigenvalue weighted by molar-refractivity contribution is 5.88. The second kappa shape index (κ2) is 2.76. The number of hydrogen-bond acceptors (Lipinski definition) is 2. The van der Waals surface area contributed by atoms with E-state index in [4.69, 9.17) is 5.11 Å². The Balaban J connectivity index is 2.41. The number of aromatic hydroxyl groups is 1. The molecule has 13 heavy (non-hydrogen) atoms. The number of phenolic OH excluding ortho intramolecular Hbond substituents is 1. The molecular weight excluding hydrogens is 168 g/mol. The minimum atomic E-state index is -0.943. The minimum absolute atomic E-state index is 0.215. The SMILES string of the molecule is O=C(O)c1ccc(O)c(C2CC2)c1. The lowest BCUT2D eigenvalue weighted by Crippen LogP contribution is -1.96. The quantitative estimate of drug-likeness (QED) is 0.727. The fourth-order valence-electron chi connectivity index (χ4n) is 1.41. The first-order valence-corrected chi connectivity index (χ1v) is 4.24. The Morgan fingerprint density at radius 1 is 1.38 bits per heavy atom. The molecule has 1 fully saturated rings. The number of aromatic carboxylic acids is 1. The van der Waals surface area contributed by atoms with Crippen LogP contribution >= 0.6 is 0 Å². The molecule has 2 N–H and O–H groups in total. The highest BCUT2D eigenvalue weighted by Gasteiger charge is 2.26. The van der Waals surface area contributed by atoms with Crippen molar-refractivity contribution in [1.82, 2.24) is 0 Å². The van der Waals surface area contributed by atoms with Gasteiger partial charge in [-0.1, -0.05) is 0 Å². The zero-order valence-electron chi connectivity index (χ0n) is 7.03. The Morgan fingerprint density at radius 3 is 2.62 bits per heavy atom. The first-order chi connectivity index (χ1) is 6.18. The van der Waals surface area contributed by atoms with Gasteiger partial charge in [-0.2, -0.15) is 0 Å². The second-order valence-electron chi connectivity index (χ2n) is 3.35. The lowest BCUT2D eigenvalue weighted by molar-refractivity contribution is 0.0697.